The Morgan fingerprint density at radius 3 is 2.62 bits per heavy atom. The van der Waals surface area contributed by atoms with E-state index in [9.17, 15) is 9.59 Å². The number of carbonyl (C=O) groups excluding carboxylic acids is 2. The number of fused-ring (bicyclic) bond motifs is 2. The van der Waals surface area contributed by atoms with Gasteiger partial charge in [0.25, 0.3) is 5.91 Å². The smallest absolute Gasteiger partial charge is 0.339 e. The number of ether oxygens (including phenoxy) is 3. The quantitative estimate of drug-likeness (QED) is 0.325. The number of benzene rings is 3. The zero-order valence-electron chi connectivity index (χ0n) is 21.5. The lowest BCUT2D eigenvalue weighted by Gasteiger charge is -2.13. The van der Waals surface area contributed by atoms with Crippen molar-refractivity contribution in [3.05, 3.63) is 94.7 Å². The highest BCUT2D eigenvalue weighted by molar-refractivity contribution is 6.08. The SMILES string of the molecule is COc1ccc(/C=C2\CCc3c2nc2ccccc2c3C(=O)OCC(=O)Nc2cccc(C#N)c2)cc1OC. The van der Waals surface area contributed by atoms with Gasteiger partial charge in [-0.25, -0.2) is 9.78 Å². The molecule has 1 N–H and O–H groups in total. The minimum absolute atomic E-state index is 0.417. The summed E-state index contributed by atoms with van der Waals surface area (Å²) < 4.78 is 16.2. The molecule has 8 nitrogen and oxygen atoms in total. The molecule has 194 valence electrons. The molecule has 0 fully saturated rings. The van der Waals surface area contributed by atoms with Crippen molar-refractivity contribution in [3.8, 4) is 17.6 Å². The first-order valence-corrected chi connectivity index (χ1v) is 12.3. The number of nitrogens with zero attached hydrogens (tertiary/aromatic N) is 2. The van der Waals surface area contributed by atoms with Crippen molar-refractivity contribution in [1.82, 2.24) is 4.98 Å². The Balaban J connectivity index is 1.43. The number of nitrogens with one attached hydrogen (secondary N) is 1. The van der Waals surface area contributed by atoms with Gasteiger partial charge in [-0.3, -0.25) is 4.79 Å². The van der Waals surface area contributed by atoms with E-state index in [1.807, 2.05) is 54.6 Å². The van der Waals surface area contributed by atoms with Crippen LogP contribution in [-0.2, 0) is 16.0 Å². The molecular formula is C31H25N3O5. The van der Waals surface area contributed by atoms with E-state index in [2.05, 4.69) is 5.32 Å². The highest BCUT2D eigenvalue weighted by Crippen LogP contribution is 2.38. The minimum Gasteiger partial charge on any atom is -0.493 e. The van der Waals surface area contributed by atoms with Gasteiger partial charge in [-0.2, -0.15) is 5.26 Å². The van der Waals surface area contributed by atoms with Crippen molar-refractivity contribution in [2.24, 2.45) is 0 Å². The summed E-state index contributed by atoms with van der Waals surface area (Å²) in [5.41, 5.74) is 5.42. The van der Waals surface area contributed by atoms with Crippen LogP contribution in [0.3, 0.4) is 0 Å². The lowest BCUT2D eigenvalue weighted by molar-refractivity contribution is -0.119. The highest BCUT2D eigenvalue weighted by Gasteiger charge is 2.28. The Morgan fingerprint density at radius 2 is 1.82 bits per heavy atom. The van der Waals surface area contributed by atoms with Crippen LogP contribution in [0.5, 0.6) is 11.5 Å². The van der Waals surface area contributed by atoms with E-state index in [1.165, 1.54) is 0 Å². The number of carbonyl (C=O) groups is 2. The summed E-state index contributed by atoms with van der Waals surface area (Å²) in [6.07, 6.45) is 3.35. The number of hydrogen-bond donors (Lipinski definition) is 1. The first-order chi connectivity index (χ1) is 19.0. The molecule has 0 aliphatic heterocycles. The summed E-state index contributed by atoms with van der Waals surface area (Å²) in [5.74, 6) is 0.182. The summed E-state index contributed by atoms with van der Waals surface area (Å²) in [7, 11) is 3.18. The molecule has 1 aromatic heterocycles. The lowest BCUT2D eigenvalue weighted by atomic mass is 10.0. The Bertz CT molecular complexity index is 1670. The molecule has 1 aliphatic rings. The monoisotopic (exact) mass is 519 g/mol. The number of esters is 1. The maximum atomic E-state index is 13.4. The van der Waals surface area contributed by atoms with Crippen LogP contribution < -0.4 is 14.8 Å². The third-order valence-electron chi connectivity index (χ3n) is 6.50. The number of aromatic nitrogens is 1. The Kier molecular flexibility index (Phi) is 7.23. The Hall–Kier alpha value is -5.16. The predicted octanol–water partition coefficient (Wildman–Crippen LogP) is 5.41. The molecule has 0 atom stereocenters. The fourth-order valence-electron chi connectivity index (χ4n) is 4.72. The second-order valence-corrected chi connectivity index (χ2v) is 8.93. The summed E-state index contributed by atoms with van der Waals surface area (Å²) in [4.78, 5) is 30.7. The number of nitriles is 1. The third-order valence-corrected chi connectivity index (χ3v) is 6.50. The number of hydrogen-bond acceptors (Lipinski definition) is 7. The van der Waals surface area contributed by atoms with Crippen molar-refractivity contribution in [2.45, 2.75) is 12.8 Å². The number of rotatable bonds is 7. The maximum Gasteiger partial charge on any atom is 0.339 e. The van der Waals surface area contributed by atoms with Gasteiger partial charge in [-0.1, -0.05) is 30.3 Å². The van der Waals surface area contributed by atoms with E-state index in [-0.39, 0.29) is 0 Å². The second kappa shape index (κ2) is 11.1. The molecule has 0 bridgehead atoms. The van der Waals surface area contributed by atoms with Crippen LogP contribution in [-0.4, -0.2) is 37.7 Å². The number of amides is 1. The molecule has 0 spiro atoms. The average molecular weight is 520 g/mol. The molecule has 0 unspecified atom stereocenters. The van der Waals surface area contributed by atoms with Crippen molar-refractivity contribution in [3.63, 3.8) is 0 Å². The fraction of sp³-hybridized carbons (Fsp3) is 0.161. The van der Waals surface area contributed by atoms with Gasteiger partial charge in [0.1, 0.15) is 0 Å². The van der Waals surface area contributed by atoms with Crippen LogP contribution in [0.15, 0.2) is 66.7 Å². The van der Waals surface area contributed by atoms with Crippen molar-refractivity contribution < 1.29 is 23.8 Å². The van der Waals surface area contributed by atoms with E-state index in [1.54, 1.807) is 38.5 Å². The molecule has 1 amide bonds. The van der Waals surface area contributed by atoms with Crippen LogP contribution in [0.2, 0.25) is 0 Å². The van der Waals surface area contributed by atoms with Crippen LogP contribution >= 0.6 is 0 Å². The van der Waals surface area contributed by atoms with Gasteiger partial charge in [0.15, 0.2) is 18.1 Å². The molecule has 5 rings (SSSR count). The zero-order valence-corrected chi connectivity index (χ0v) is 21.5. The fourth-order valence-corrected chi connectivity index (χ4v) is 4.72. The summed E-state index contributed by atoms with van der Waals surface area (Å²) >= 11 is 0. The molecule has 0 saturated heterocycles. The van der Waals surface area contributed by atoms with Gasteiger partial charge in [0.05, 0.1) is 42.6 Å². The normalized spacial score (nSPS) is 13.0. The topological polar surface area (TPSA) is 111 Å². The van der Waals surface area contributed by atoms with Crippen LogP contribution in [0.1, 0.15) is 39.2 Å². The van der Waals surface area contributed by atoms with E-state index in [4.69, 9.17) is 24.5 Å². The predicted molar refractivity (Wildman–Crippen MR) is 148 cm³/mol. The van der Waals surface area contributed by atoms with Gasteiger partial charge >= 0.3 is 5.97 Å². The highest BCUT2D eigenvalue weighted by atomic mass is 16.5. The first-order valence-electron chi connectivity index (χ1n) is 12.3. The van der Waals surface area contributed by atoms with E-state index >= 15 is 0 Å². The van der Waals surface area contributed by atoms with Gasteiger partial charge in [0, 0.05) is 11.1 Å². The van der Waals surface area contributed by atoms with Crippen molar-refractivity contribution in [1.29, 1.82) is 5.26 Å². The second-order valence-electron chi connectivity index (χ2n) is 8.93. The molecule has 8 heteroatoms. The number of pyridine rings is 1. The Labute approximate surface area is 225 Å². The molecule has 1 aliphatic carbocycles. The number of anilines is 1. The number of allylic oxidation sites excluding steroid dienone is 1. The van der Waals surface area contributed by atoms with Gasteiger partial charge in [-0.05, 0) is 72.0 Å². The van der Waals surface area contributed by atoms with Gasteiger partial charge in [0.2, 0.25) is 0 Å². The molecular weight excluding hydrogens is 494 g/mol. The van der Waals surface area contributed by atoms with Gasteiger partial charge in [-0.15, -0.1) is 0 Å². The molecule has 1 heterocycles. The Morgan fingerprint density at radius 1 is 1.00 bits per heavy atom. The van der Waals surface area contributed by atoms with Crippen LogP contribution in [0.4, 0.5) is 5.69 Å². The van der Waals surface area contributed by atoms with Crippen molar-refractivity contribution >= 4 is 40.1 Å². The average Bonchev–Trinajstić information content (AvgIpc) is 3.36. The maximum absolute atomic E-state index is 13.4. The molecule has 39 heavy (non-hydrogen) atoms. The van der Waals surface area contributed by atoms with Gasteiger partial charge < -0.3 is 19.5 Å². The standard InChI is InChI=1S/C31H25N3O5/c1-37-26-13-10-19(16-27(26)38-2)14-21-11-12-24-29(23-8-3-4-9-25(23)34-30(21)24)31(36)39-18-28(35)33-22-7-5-6-20(15-22)17-32/h3-10,13-16H,11-12,18H2,1-2H3,(H,33,35)/b21-14+. The van der Waals surface area contributed by atoms with E-state index in [0.717, 1.165) is 22.4 Å². The molecule has 0 radical (unpaired) electrons. The lowest BCUT2D eigenvalue weighted by Crippen LogP contribution is -2.21. The minimum atomic E-state index is -0.585. The van der Waals surface area contributed by atoms with E-state index < -0.39 is 18.5 Å². The summed E-state index contributed by atoms with van der Waals surface area (Å²) in [5, 5.41) is 12.4. The summed E-state index contributed by atoms with van der Waals surface area (Å²) in [6.45, 7) is -0.463. The van der Waals surface area contributed by atoms with Crippen molar-refractivity contribution in [2.75, 3.05) is 26.1 Å². The number of methoxy groups -OCH3 is 2. The van der Waals surface area contributed by atoms with E-state index in [0.29, 0.717) is 52.1 Å². The number of para-hydroxylation sites is 1. The summed E-state index contributed by atoms with van der Waals surface area (Å²) in [6, 6.07) is 21.6. The molecule has 4 aromatic rings. The zero-order chi connectivity index (χ0) is 27.4. The molecule has 0 saturated carbocycles. The largest absolute Gasteiger partial charge is 0.493 e. The van der Waals surface area contributed by atoms with Crippen LogP contribution in [0, 0.1) is 11.3 Å². The third kappa shape index (κ3) is 5.29. The molecule has 3 aromatic carbocycles. The first kappa shape index (κ1) is 25.5. The van der Waals surface area contributed by atoms with Crippen LogP contribution in [0.25, 0.3) is 22.6 Å².